The summed E-state index contributed by atoms with van der Waals surface area (Å²) in [7, 11) is 0. The molecule has 1 unspecified atom stereocenters. The van der Waals surface area contributed by atoms with Crippen LogP contribution in [0.5, 0.6) is 0 Å². The van der Waals surface area contributed by atoms with Crippen molar-refractivity contribution in [3.8, 4) is 11.3 Å². The molecule has 0 fully saturated rings. The van der Waals surface area contributed by atoms with Crippen molar-refractivity contribution in [2.24, 2.45) is 0 Å². The standard InChI is InChI=1S/C19H16Cl2N2O2/c1-11(13-7-9-14(20)10-8-13)22-19(24)17-12(2)25-23-18(17)15-5-3-4-6-16(15)21/h3-11H,1-2H3,(H,22,24). The van der Waals surface area contributed by atoms with Gasteiger partial charge in [-0.25, -0.2) is 0 Å². The molecule has 0 aliphatic heterocycles. The number of nitrogens with zero attached hydrogens (tertiary/aromatic N) is 1. The lowest BCUT2D eigenvalue weighted by Gasteiger charge is -2.14. The highest BCUT2D eigenvalue weighted by molar-refractivity contribution is 6.33. The van der Waals surface area contributed by atoms with Gasteiger partial charge in [-0.3, -0.25) is 4.79 Å². The van der Waals surface area contributed by atoms with Crippen LogP contribution >= 0.6 is 23.2 Å². The topological polar surface area (TPSA) is 55.1 Å². The molecule has 3 aromatic rings. The second kappa shape index (κ2) is 7.30. The molecule has 25 heavy (non-hydrogen) atoms. The first-order chi connectivity index (χ1) is 12.0. The van der Waals surface area contributed by atoms with Crippen molar-refractivity contribution in [3.05, 3.63) is 75.5 Å². The summed E-state index contributed by atoms with van der Waals surface area (Å²) in [5.74, 6) is 0.173. The Balaban J connectivity index is 1.89. The molecule has 0 bridgehead atoms. The predicted molar refractivity (Wildman–Crippen MR) is 99.0 cm³/mol. The number of aryl methyl sites for hydroxylation is 1. The van der Waals surface area contributed by atoms with Crippen molar-refractivity contribution in [1.82, 2.24) is 10.5 Å². The molecule has 4 nitrogen and oxygen atoms in total. The number of carbonyl (C=O) groups is 1. The van der Waals surface area contributed by atoms with Crippen LogP contribution in [0, 0.1) is 6.92 Å². The molecular formula is C19H16Cl2N2O2. The fourth-order valence-corrected chi connectivity index (χ4v) is 2.93. The Morgan fingerprint density at radius 3 is 2.48 bits per heavy atom. The highest BCUT2D eigenvalue weighted by Gasteiger charge is 2.24. The van der Waals surface area contributed by atoms with Gasteiger partial charge in [-0.1, -0.05) is 58.7 Å². The summed E-state index contributed by atoms with van der Waals surface area (Å²) in [6.07, 6.45) is 0. The van der Waals surface area contributed by atoms with E-state index in [0.29, 0.717) is 32.6 Å². The predicted octanol–water partition coefficient (Wildman–Crippen LogP) is 5.45. The molecule has 6 heteroatoms. The molecular weight excluding hydrogens is 359 g/mol. The van der Waals surface area contributed by atoms with E-state index in [4.69, 9.17) is 27.7 Å². The Labute approximate surface area is 155 Å². The maximum Gasteiger partial charge on any atom is 0.257 e. The van der Waals surface area contributed by atoms with Crippen LogP contribution in [-0.2, 0) is 0 Å². The molecule has 1 aromatic heterocycles. The van der Waals surface area contributed by atoms with Crippen LogP contribution in [0.15, 0.2) is 53.1 Å². The molecule has 1 atom stereocenters. The normalized spacial score (nSPS) is 12.0. The van der Waals surface area contributed by atoms with Gasteiger partial charge in [0, 0.05) is 10.6 Å². The molecule has 0 saturated carbocycles. The average molecular weight is 375 g/mol. The Morgan fingerprint density at radius 2 is 1.80 bits per heavy atom. The highest BCUT2D eigenvalue weighted by Crippen LogP contribution is 2.31. The lowest BCUT2D eigenvalue weighted by Crippen LogP contribution is -2.27. The number of halogens is 2. The molecule has 0 radical (unpaired) electrons. The van der Waals surface area contributed by atoms with Gasteiger partial charge in [0.2, 0.25) is 0 Å². The summed E-state index contributed by atoms with van der Waals surface area (Å²) in [6, 6.07) is 14.4. The van der Waals surface area contributed by atoms with E-state index in [1.807, 2.05) is 31.2 Å². The molecule has 3 rings (SSSR count). The maximum atomic E-state index is 12.8. The molecule has 0 saturated heterocycles. The van der Waals surface area contributed by atoms with E-state index in [9.17, 15) is 4.79 Å². The summed E-state index contributed by atoms with van der Waals surface area (Å²) in [5, 5.41) is 8.15. The van der Waals surface area contributed by atoms with E-state index in [1.54, 1.807) is 31.2 Å². The van der Waals surface area contributed by atoms with E-state index < -0.39 is 0 Å². The second-order valence-corrected chi connectivity index (χ2v) is 6.53. The Kier molecular flexibility index (Phi) is 5.11. The minimum Gasteiger partial charge on any atom is -0.360 e. The van der Waals surface area contributed by atoms with E-state index in [2.05, 4.69) is 10.5 Å². The van der Waals surface area contributed by atoms with Crippen LogP contribution in [0.2, 0.25) is 10.0 Å². The third-order valence-corrected chi connectivity index (χ3v) is 4.52. The van der Waals surface area contributed by atoms with Crippen LogP contribution < -0.4 is 5.32 Å². The van der Waals surface area contributed by atoms with Gasteiger partial charge in [-0.05, 0) is 37.6 Å². The summed E-state index contributed by atoms with van der Waals surface area (Å²) in [6.45, 7) is 3.61. The van der Waals surface area contributed by atoms with E-state index in [1.165, 1.54) is 0 Å². The number of aromatic nitrogens is 1. The summed E-state index contributed by atoms with van der Waals surface area (Å²) >= 11 is 12.1. The molecule has 0 aliphatic rings. The van der Waals surface area contributed by atoms with Crippen molar-refractivity contribution in [3.63, 3.8) is 0 Å². The first kappa shape index (κ1) is 17.5. The number of hydrogen-bond acceptors (Lipinski definition) is 3. The van der Waals surface area contributed by atoms with Crippen molar-refractivity contribution in [1.29, 1.82) is 0 Å². The first-order valence-corrected chi connectivity index (χ1v) is 8.50. The number of nitrogens with one attached hydrogen (secondary N) is 1. The minimum atomic E-state index is -0.267. The lowest BCUT2D eigenvalue weighted by molar-refractivity contribution is 0.0939. The third kappa shape index (κ3) is 3.70. The lowest BCUT2D eigenvalue weighted by atomic mass is 10.0. The summed E-state index contributed by atoms with van der Waals surface area (Å²) in [4.78, 5) is 12.8. The smallest absolute Gasteiger partial charge is 0.257 e. The zero-order valence-corrected chi connectivity index (χ0v) is 15.2. The molecule has 1 heterocycles. The molecule has 0 aliphatic carbocycles. The number of carbonyl (C=O) groups excluding carboxylic acids is 1. The highest BCUT2D eigenvalue weighted by atomic mass is 35.5. The molecule has 1 amide bonds. The molecule has 128 valence electrons. The van der Waals surface area contributed by atoms with Gasteiger partial charge in [0.15, 0.2) is 0 Å². The number of hydrogen-bond donors (Lipinski definition) is 1. The van der Waals surface area contributed by atoms with Gasteiger partial charge in [-0.15, -0.1) is 0 Å². The largest absolute Gasteiger partial charge is 0.360 e. The molecule has 2 aromatic carbocycles. The Hall–Kier alpha value is -2.30. The summed E-state index contributed by atoms with van der Waals surface area (Å²) in [5.41, 5.74) is 2.43. The van der Waals surface area contributed by atoms with Crippen LogP contribution in [0.4, 0.5) is 0 Å². The fraction of sp³-hybridized carbons (Fsp3) is 0.158. The monoisotopic (exact) mass is 374 g/mol. The van der Waals surface area contributed by atoms with Gasteiger partial charge in [0.05, 0.1) is 11.1 Å². The fourth-order valence-electron chi connectivity index (χ4n) is 2.58. The molecule has 0 spiro atoms. The minimum absolute atomic E-state index is 0.196. The van der Waals surface area contributed by atoms with Crippen LogP contribution in [-0.4, -0.2) is 11.1 Å². The quantitative estimate of drug-likeness (QED) is 0.660. The second-order valence-electron chi connectivity index (χ2n) is 5.69. The van der Waals surface area contributed by atoms with E-state index in [0.717, 1.165) is 5.56 Å². The van der Waals surface area contributed by atoms with Gasteiger partial charge in [0.25, 0.3) is 5.91 Å². The average Bonchev–Trinajstić information content (AvgIpc) is 2.97. The zero-order chi connectivity index (χ0) is 18.0. The van der Waals surface area contributed by atoms with Gasteiger partial charge in [0.1, 0.15) is 17.0 Å². The summed E-state index contributed by atoms with van der Waals surface area (Å²) < 4.78 is 5.24. The van der Waals surface area contributed by atoms with Crippen molar-refractivity contribution >= 4 is 29.1 Å². The molecule has 1 N–H and O–H groups in total. The van der Waals surface area contributed by atoms with Crippen LogP contribution in [0.25, 0.3) is 11.3 Å². The Bertz CT molecular complexity index is 904. The van der Waals surface area contributed by atoms with Gasteiger partial charge in [-0.2, -0.15) is 0 Å². The van der Waals surface area contributed by atoms with Crippen LogP contribution in [0.1, 0.15) is 34.6 Å². The third-order valence-electron chi connectivity index (χ3n) is 3.94. The number of amides is 1. The maximum absolute atomic E-state index is 12.8. The SMILES string of the molecule is Cc1onc(-c2ccccc2Cl)c1C(=O)NC(C)c1ccc(Cl)cc1. The van der Waals surface area contributed by atoms with Gasteiger partial charge >= 0.3 is 0 Å². The van der Waals surface area contributed by atoms with Gasteiger partial charge < -0.3 is 9.84 Å². The van der Waals surface area contributed by atoms with Crippen molar-refractivity contribution in [2.45, 2.75) is 19.9 Å². The van der Waals surface area contributed by atoms with E-state index >= 15 is 0 Å². The number of rotatable bonds is 4. The van der Waals surface area contributed by atoms with E-state index in [-0.39, 0.29) is 11.9 Å². The zero-order valence-electron chi connectivity index (χ0n) is 13.7. The van der Waals surface area contributed by atoms with Crippen molar-refractivity contribution in [2.75, 3.05) is 0 Å². The Morgan fingerprint density at radius 1 is 1.12 bits per heavy atom. The number of benzene rings is 2. The first-order valence-electron chi connectivity index (χ1n) is 7.75. The van der Waals surface area contributed by atoms with Crippen molar-refractivity contribution < 1.29 is 9.32 Å². The van der Waals surface area contributed by atoms with Crippen LogP contribution in [0.3, 0.4) is 0 Å².